The van der Waals surface area contributed by atoms with Gasteiger partial charge < -0.3 is 10.0 Å². The van der Waals surface area contributed by atoms with E-state index in [2.05, 4.69) is 9.88 Å². The van der Waals surface area contributed by atoms with E-state index in [0.29, 0.717) is 18.5 Å². The first kappa shape index (κ1) is 14.6. The van der Waals surface area contributed by atoms with Gasteiger partial charge in [-0.15, -0.1) is 0 Å². The molecule has 120 valence electrons. The zero-order chi connectivity index (χ0) is 15.8. The first-order valence-corrected chi connectivity index (χ1v) is 8.24. The third-order valence-electron chi connectivity index (χ3n) is 4.51. The molecule has 0 radical (unpaired) electrons. The summed E-state index contributed by atoms with van der Waals surface area (Å²) in [7, 11) is 0. The van der Waals surface area contributed by atoms with Crippen LogP contribution in [0.25, 0.3) is 0 Å². The first-order valence-electron chi connectivity index (χ1n) is 8.24. The molecule has 1 aromatic carbocycles. The van der Waals surface area contributed by atoms with Crippen molar-refractivity contribution in [3.63, 3.8) is 0 Å². The molecule has 23 heavy (non-hydrogen) atoms. The van der Waals surface area contributed by atoms with Crippen molar-refractivity contribution in [1.82, 2.24) is 9.97 Å². The second-order valence-electron chi connectivity index (χ2n) is 6.50. The van der Waals surface area contributed by atoms with Crippen LogP contribution in [0.4, 0.5) is 10.2 Å². The molecule has 0 saturated heterocycles. The van der Waals surface area contributed by atoms with Gasteiger partial charge in [0.1, 0.15) is 17.5 Å². The number of aromatic nitrogens is 2. The quantitative estimate of drug-likeness (QED) is 0.890. The van der Waals surface area contributed by atoms with Gasteiger partial charge >= 0.3 is 0 Å². The topological polar surface area (TPSA) is 49.2 Å². The molecule has 1 N–H and O–H groups in total. The monoisotopic (exact) mass is 313 g/mol. The van der Waals surface area contributed by atoms with Gasteiger partial charge in [-0.2, -0.15) is 0 Å². The Bertz CT molecular complexity index is 683. The van der Waals surface area contributed by atoms with Crippen molar-refractivity contribution in [1.29, 1.82) is 0 Å². The smallest absolute Gasteiger partial charge is 0.133 e. The maximum Gasteiger partial charge on any atom is 0.133 e. The molecule has 0 spiro atoms. The highest BCUT2D eigenvalue weighted by Gasteiger charge is 2.33. The van der Waals surface area contributed by atoms with Crippen LogP contribution >= 0.6 is 0 Å². The molecule has 1 aromatic heterocycles. The minimum absolute atomic E-state index is 0.287. The number of benzene rings is 1. The molecular formula is C18H20FN3O. The largest absolute Gasteiger partial charge is 0.387 e. The number of hydrogen-bond acceptors (Lipinski definition) is 4. The molecule has 0 bridgehead atoms. The van der Waals surface area contributed by atoms with Gasteiger partial charge in [0.05, 0.1) is 6.10 Å². The number of aliphatic hydroxyl groups is 1. The number of nitrogens with zero attached hydrogens (tertiary/aromatic N) is 3. The molecule has 5 heteroatoms. The van der Waals surface area contributed by atoms with Gasteiger partial charge in [0.15, 0.2) is 0 Å². The molecule has 2 aliphatic carbocycles. The number of rotatable bonds is 6. The standard InChI is InChI=1S/C18H20FN3O/c19-14-5-3-12(4-6-14)16(23)11-22(15-7-8-15)17-9-10-20-18(21-17)13-1-2-13/h3-6,9-10,13,15-16,23H,1-2,7-8,11H2. The molecule has 4 nitrogen and oxygen atoms in total. The van der Waals surface area contributed by atoms with Crippen LogP contribution in [-0.2, 0) is 0 Å². The summed E-state index contributed by atoms with van der Waals surface area (Å²) in [5.74, 6) is 2.04. The average molecular weight is 313 g/mol. The number of hydrogen-bond donors (Lipinski definition) is 1. The Hall–Kier alpha value is -2.01. The normalized spacial score (nSPS) is 18.7. The van der Waals surface area contributed by atoms with E-state index in [4.69, 9.17) is 4.98 Å². The van der Waals surface area contributed by atoms with E-state index >= 15 is 0 Å². The van der Waals surface area contributed by atoms with Crippen LogP contribution < -0.4 is 4.90 Å². The van der Waals surface area contributed by atoms with Crippen LogP contribution in [0.5, 0.6) is 0 Å². The van der Waals surface area contributed by atoms with Gasteiger partial charge in [0.2, 0.25) is 0 Å². The lowest BCUT2D eigenvalue weighted by Crippen LogP contribution is -2.31. The summed E-state index contributed by atoms with van der Waals surface area (Å²) >= 11 is 0. The Morgan fingerprint density at radius 3 is 2.52 bits per heavy atom. The third kappa shape index (κ3) is 3.34. The van der Waals surface area contributed by atoms with Crippen molar-refractivity contribution < 1.29 is 9.50 Å². The SMILES string of the molecule is OC(CN(c1ccnc(C2CC2)n1)C1CC1)c1ccc(F)cc1. The minimum Gasteiger partial charge on any atom is -0.387 e. The van der Waals surface area contributed by atoms with Crippen LogP contribution in [0.1, 0.15) is 49.1 Å². The van der Waals surface area contributed by atoms with Crippen molar-refractivity contribution in [3.8, 4) is 0 Å². The van der Waals surface area contributed by atoms with Crippen LogP contribution in [0.2, 0.25) is 0 Å². The highest BCUT2D eigenvalue weighted by Crippen LogP contribution is 2.39. The molecule has 0 aliphatic heterocycles. The van der Waals surface area contributed by atoms with Gasteiger partial charge in [0.25, 0.3) is 0 Å². The van der Waals surface area contributed by atoms with Crippen LogP contribution in [0.3, 0.4) is 0 Å². The Labute approximate surface area is 135 Å². The van der Waals surface area contributed by atoms with Gasteiger partial charge in [0, 0.05) is 24.7 Å². The van der Waals surface area contributed by atoms with E-state index in [1.165, 1.54) is 25.0 Å². The molecule has 2 saturated carbocycles. The fraction of sp³-hybridized carbons (Fsp3) is 0.444. The minimum atomic E-state index is -0.657. The zero-order valence-corrected chi connectivity index (χ0v) is 12.9. The second-order valence-corrected chi connectivity index (χ2v) is 6.50. The highest BCUT2D eigenvalue weighted by atomic mass is 19.1. The first-order chi connectivity index (χ1) is 11.2. The van der Waals surface area contributed by atoms with E-state index in [1.807, 2.05) is 12.3 Å². The average Bonchev–Trinajstić information content (AvgIpc) is 3.46. The molecule has 4 rings (SSSR count). The molecule has 2 aliphatic rings. The lowest BCUT2D eigenvalue weighted by atomic mass is 10.1. The Balaban J connectivity index is 1.53. The van der Waals surface area contributed by atoms with Crippen LogP contribution in [0, 0.1) is 5.82 Å². The van der Waals surface area contributed by atoms with E-state index in [9.17, 15) is 9.50 Å². The number of aliphatic hydroxyl groups excluding tert-OH is 1. The van der Waals surface area contributed by atoms with Crippen LogP contribution in [0.15, 0.2) is 36.5 Å². The van der Waals surface area contributed by atoms with Gasteiger partial charge in [-0.25, -0.2) is 14.4 Å². The molecular weight excluding hydrogens is 293 g/mol. The second kappa shape index (κ2) is 5.89. The summed E-state index contributed by atoms with van der Waals surface area (Å²) in [5, 5.41) is 10.5. The van der Waals surface area contributed by atoms with Crippen molar-refractivity contribution in [3.05, 3.63) is 53.7 Å². The lowest BCUT2D eigenvalue weighted by molar-refractivity contribution is 0.182. The maximum absolute atomic E-state index is 13.0. The number of anilines is 1. The van der Waals surface area contributed by atoms with Crippen molar-refractivity contribution in [2.45, 2.75) is 43.7 Å². The molecule has 2 fully saturated rings. The van der Waals surface area contributed by atoms with E-state index < -0.39 is 6.10 Å². The van der Waals surface area contributed by atoms with Gasteiger partial charge in [-0.05, 0) is 49.4 Å². The van der Waals surface area contributed by atoms with Crippen molar-refractivity contribution in [2.75, 3.05) is 11.4 Å². The van der Waals surface area contributed by atoms with Gasteiger partial charge in [-0.3, -0.25) is 0 Å². The summed E-state index contributed by atoms with van der Waals surface area (Å²) in [4.78, 5) is 11.2. The van der Waals surface area contributed by atoms with Crippen LogP contribution in [-0.4, -0.2) is 27.7 Å². The predicted octanol–water partition coefficient (Wildman–Crippen LogP) is 3.20. The maximum atomic E-state index is 13.0. The Morgan fingerprint density at radius 2 is 1.87 bits per heavy atom. The molecule has 1 heterocycles. The Morgan fingerprint density at radius 1 is 1.13 bits per heavy atom. The van der Waals surface area contributed by atoms with Gasteiger partial charge in [-0.1, -0.05) is 12.1 Å². The summed E-state index contributed by atoms with van der Waals surface area (Å²) < 4.78 is 13.0. The summed E-state index contributed by atoms with van der Waals surface area (Å²) in [5.41, 5.74) is 0.730. The molecule has 1 atom stereocenters. The lowest BCUT2D eigenvalue weighted by Gasteiger charge is -2.26. The van der Waals surface area contributed by atoms with E-state index in [-0.39, 0.29) is 5.82 Å². The zero-order valence-electron chi connectivity index (χ0n) is 12.9. The van der Waals surface area contributed by atoms with E-state index in [0.717, 1.165) is 30.0 Å². The fourth-order valence-corrected chi connectivity index (χ4v) is 2.85. The predicted molar refractivity (Wildman–Crippen MR) is 85.7 cm³/mol. The Kier molecular flexibility index (Phi) is 3.73. The fourth-order valence-electron chi connectivity index (χ4n) is 2.85. The highest BCUT2D eigenvalue weighted by molar-refractivity contribution is 5.42. The third-order valence-corrected chi connectivity index (χ3v) is 4.51. The van der Waals surface area contributed by atoms with Crippen molar-refractivity contribution in [2.24, 2.45) is 0 Å². The molecule has 2 aromatic rings. The molecule has 0 amide bonds. The van der Waals surface area contributed by atoms with E-state index in [1.54, 1.807) is 12.1 Å². The summed E-state index contributed by atoms with van der Waals surface area (Å²) in [6, 6.07) is 8.40. The summed E-state index contributed by atoms with van der Waals surface area (Å²) in [6.45, 7) is 0.470. The van der Waals surface area contributed by atoms with Crippen molar-refractivity contribution >= 4 is 5.82 Å². The molecule has 1 unspecified atom stereocenters. The number of halogens is 1. The summed E-state index contributed by atoms with van der Waals surface area (Å²) in [6.07, 6.45) is 5.75.